The van der Waals surface area contributed by atoms with Gasteiger partial charge in [0.25, 0.3) is 0 Å². The van der Waals surface area contributed by atoms with Crippen LogP contribution in [0.3, 0.4) is 0 Å². The molecule has 0 aliphatic rings. The third-order valence-corrected chi connectivity index (χ3v) is 4.02. The summed E-state index contributed by atoms with van der Waals surface area (Å²) in [5, 5.41) is 0.499. The van der Waals surface area contributed by atoms with Crippen molar-refractivity contribution >= 4 is 34.4 Å². The molecule has 0 unspecified atom stereocenters. The maximum Gasteiger partial charge on any atom is 0.191 e. The summed E-state index contributed by atoms with van der Waals surface area (Å²) in [6.07, 6.45) is 0. The minimum Gasteiger partial charge on any atom is -0.383 e. The number of nitrogens with zero attached hydrogens (tertiary/aromatic N) is 4. The molecule has 0 saturated heterocycles. The fourth-order valence-electron chi connectivity index (χ4n) is 2.27. The zero-order valence-corrected chi connectivity index (χ0v) is 12.8. The largest absolute Gasteiger partial charge is 0.383 e. The molecule has 0 saturated carbocycles. The zero-order valence-electron chi connectivity index (χ0n) is 12.0. The van der Waals surface area contributed by atoms with Crippen molar-refractivity contribution in [1.29, 1.82) is 0 Å². The number of nitrogens with two attached hydrogens (primary N) is 2. The molecule has 0 atom stereocenters. The SMILES string of the molecule is CCn1c(CSc2nc(N)cc(N)n2)nc2cc(F)ccc21. The van der Waals surface area contributed by atoms with Gasteiger partial charge in [0.15, 0.2) is 5.16 Å². The van der Waals surface area contributed by atoms with Crippen molar-refractivity contribution in [1.82, 2.24) is 19.5 Å². The molecule has 3 rings (SSSR count). The highest BCUT2D eigenvalue weighted by atomic mass is 32.2. The monoisotopic (exact) mass is 318 g/mol. The Kier molecular flexibility index (Phi) is 3.84. The summed E-state index contributed by atoms with van der Waals surface area (Å²) in [6, 6.07) is 6.12. The van der Waals surface area contributed by atoms with E-state index in [9.17, 15) is 4.39 Å². The molecule has 2 heterocycles. The molecule has 3 aromatic rings. The van der Waals surface area contributed by atoms with Gasteiger partial charge in [-0.25, -0.2) is 19.3 Å². The van der Waals surface area contributed by atoms with Crippen molar-refractivity contribution in [2.24, 2.45) is 0 Å². The van der Waals surface area contributed by atoms with Crippen molar-refractivity contribution in [2.45, 2.75) is 24.4 Å². The molecule has 2 aromatic heterocycles. The Balaban J connectivity index is 1.90. The number of aryl methyl sites for hydroxylation is 1. The Hall–Kier alpha value is -2.35. The van der Waals surface area contributed by atoms with Gasteiger partial charge < -0.3 is 16.0 Å². The molecule has 0 amide bonds. The number of anilines is 2. The summed E-state index contributed by atoms with van der Waals surface area (Å²) in [6.45, 7) is 2.77. The van der Waals surface area contributed by atoms with E-state index in [4.69, 9.17) is 11.5 Å². The molecule has 0 aliphatic carbocycles. The number of imidazole rings is 1. The quantitative estimate of drug-likeness (QED) is 0.566. The van der Waals surface area contributed by atoms with Crippen LogP contribution in [0.15, 0.2) is 29.4 Å². The molecule has 0 aliphatic heterocycles. The zero-order chi connectivity index (χ0) is 15.7. The van der Waals surface area contributed by atoms with Crippen molar-refractivity contribution < 1.29 is 4.39 Å². The summed E-state index contributed by atoms with van der Waals surface area (Å²) >= 11 is 1.39. The molecule has 6 nitrogen and oxygen atoms in total. The van der Waals surface area contributed by atoms with E-state index >= 15 is 0 Å². The van der Waals surface area contributed by atoms with Crippen LogP contribution in [0.5, 0.6) is 0 Å². The summed E-state index contributed by atoms with van der Waals surface area (Å²) in [5.74, 6) is 1.76. The molecule has 0 radical (unpaired) electrons. The van der Waals surface area contributed by atoms with E-state index in [1.807, 2.05) is 11.5 Å². The first-order chi connectivity index (χ1) is 10.6. The van der Waals surface area contributed by atoms with Crippen LogP contribution in [0.2, 0.25) is 0 Å². The van der Waals surface area contributed by atoms with Gasteiger partial charge in [-0.2, -0.15) is 0 Å². The van der Waals surface area contributed by atoms with Gasteiger partial charge in [0.1, 0.15) is 23.3 Å². The van der Waals surface area contributed by atoms with Gasteiger partial charge in [0.2, 0.25) is 0 Å². The fraction of sp³-hybridized carbons (Fsp3) is 0.214. The van der Waals surface area contributed by atoms with Gasteiger partial charge in [-0.3, -0.25) is 0 Å². The van der Waals surface area contributed by atoms with Gasteiger partial charge in [-0.1, -0.05) is 11.8 Å². The smallest absolute Gasteiger partial charge is 0.191 e. The van der Waals surface area contributed by atoms with Crippen LogP contribution in [0.4, 0.5) is 16.0 Å². The number of rotatable bonds is 4. The third kappa shape index (κ3) is 2.82. The van der Waals surface area contributed by atoms with Crippen LogP contribution in [-0.4, -0.2) is 19.5 Å². The van der Waals surface area contributed by atoms with E-state index in [0.29, 0.717) is 28.1 Å². The Morgan fingerprint density at radius 1 is 1.14 bits per heavy atom. The topological polar surface area (TPSA) is 95.6 Å². The fourth-order valence-corrected chi connectivity index (χ4v) is 3.09. The number of fused-ring (bicyclic) bond motifs is 1. The van der Waals surface area contributed by atoms with Crippen molar-refractivity contribution in [3.8, 4) is 0 Å². The lowest BCUT2D eigenvalue weighted by Crippen LogP contribution is -2.02. The van der Waals surface area contributed by atoms with Gasteiger partial charge in [-0.05, 0) is 19.1 Å². The number of nitrogen functional groups attached to an aromatic ring is 2. The second kappa shape index (κ2) is 5.80. The van der Waals surface area contributed by atoms with Crippen LogP contribution in [-0.2, 0) is 12.3 Å². The maximum absolute atomic E-state index is 13.3. The molecule has 8 heteroatoms. The first kappa shape index (κ1) is 14.6. The Labute approximate surface area is 130 Å². The van der Waals surface area contributed by atoms with E-state index in [2.05, 4.69) is 15.0 Å². The predicted octanol–water partition coefficient (Wildman–Crippen LogP) is 2.44. The molecular formula is C14H15FN6S. The molecule has 1 aromatic carbocycles. The highest BCUT2D eigenvalue weighted by Crippen LogP contribution is 2.24. The Morgan fingerprint density at radius 2 is 1.86 bits per heavy atom. The number of hydrogen-bond donors (Lipinski definition) is 2. The van der Waals surface area contributed by atoms with Gasteiger partial charge >= 0.3 is 0 Å². The van der Waals surface area contributed by atoms with Crippen molar-refractivity contribution in [3.05, 3.63) is 35.9 Å². The van der Waals surface area contributed by atoms with Crippen LogP contribution in [0, 0.1) is 5.82 Å². The first-order valence-electron chi connectivity index (χ1n) is 6.74. The number of hydrogen-bond acceptors (Lipinski definition) is 6. The number of halogens is 1. The lowest BCUT2D eigenvalue weighted by atomic mass is 10.3. The van der Waals surface area contributed by atoms with E-state index in [1.54, 1.807) is 6.07 Å². The maximum atomic E-state index is 13.3. The predicted molar refractivity (Wildman–Crippen MR) is 85.8 cm³/mol. The first-order valence-corrected chi connectivity index (χ1v) is 7.73. The highest BCUT2D eigenvalue weighted by Gasteiger charge is 2.12. The number of thioether (sulfide) groups is 1. The van der Waals surface area contributed by atoms with Gasteiger partial charge in [0.05, 0.1) is 16.8 Å². The van der Waals surface area contributed by atoms with Gasteiger partial charge in [-0.15, -0.1) is 0 Å². The second-order valence-electron chi connectivity index (χ2n) is 4.69. The van der Waals surface area contributed by atoms with E-state index in [1.165, 1.54) is 30.0 Å². The summed E-state index contributed by atoms with van der Waals surface area (Å²) in [5.41, 5.74) is 12.9. The highest BCUT2D eigenvalue weighted by molar-refractivity contribution is 7.98. The molecule has 0 spiro atoms. The number of aromatic nitrogens is 4. The molecule has 0 fully saturated rings. The minimum atomic E-state index is -0.292. The Bertz CT molecular complexity index is 811. The van der Waals surface area contributed by atoms with E-state index < -0.39 is 0 Å². The van der Waals surface area contributed by atoms with E-state index in [0.717, 1.165) is 17.9 Å². The van der Waals surface area contributed by atoms with Crippen LogP contribution >= 0.6 is 11.8 Å². The average Bonchev–Trinajstić information content (AvgIpc) is 2.80. The normalized spacial score (nSPS) is 11.2. The lowest BCUT2D eigenvalue weighted by molar-refractivity contribution is 0.629. The van der Waals surface area contributed by atoms with E-state index in [-0.39, 0.29) is 5.82 Å². The lowest BCUT2D eigenvalue weighted by Gasteiger charge is -2.06. The summed E-state index contributed by atoms with van der Waals surface area (Å²) < 4.78 is 15.4. The average molecular weight is 318 g/mol. The standard InChI is InChI=1S/C14H15FN6S/c1-2-21-10-4-3-8(15)5-9(10)18-13(21)7-22-14-19-11(16)6-12(17)20-14/h3-6H,2,7H2,1H3,(H4,16,17,19,20). The molecule has 22 heavy (non-hydrogen) atoms. The van der Waals surface area contributed by atoms with Crippen molar-refractivity contribution in [3.63, 3.8) is 0 Å². The number of benzene rings is 1. The van der Waals surface area contributed by atoms with Gasteiger partial charge in [0, 0.05) is 18.7 Å². The molecule has 4 N–H and O–H groups in total. The summed E-state index contributed by atoms with van der Waals surface area (Å²) in [4.78, 5) is 12.7. The Morgan fingerprint density at radius 3 is 2.55 bits per heavy atom. The second-order valence-corrected chi connectivity index (χ2v) is 5.64. The molecule has 114 valence electrons. The van der Waals surface area contributed by atoms with Crippen LogP contribution in [0.25, 0.3) is 11.0 Å². The van der Waals surface area contributed by atoms with Crippen LogP contribution < -0.4 is 11.5 Å². The van der Waals surface area contributed by atoms with Crippen molar-refractivity contribution in [2.75, 3.05) is 11.5 Å². The summed E-state index contributed by atoms with van der Waals surface area (Å²) in [7, 11) is 0. The molecular weight excluding hydrogens is 303 g/mol. The molecule has 0 bridgehead atoms. The van der Waals surface area contributed by atoms with Crippen LogP contribution in [0.1, 0.15) is 12.7 Å². The minimum absolute atomic E-state index is 0.292. The third-order valence-electron chi connectivity index (χ3n) is 3.18.